The van der Waals surface area contributed by atoms with E-state index < -0.39 is 11.8 Å². The van der Waals surface area contributed by atoms with Crippen molar-refractivity contribution in [3.8, 4) is 0 Å². The fourth-order valence-electron chi connectivity index (χ4n) is 2.42. The Balaban J connectivity index is 2.04. The van der Waals surface area contributed by atoms with E-state index in [0.717, 1.165) is 10.0 Å². The second-order valence-corrected chi connectivity index (χ2v) is 6.64. The quantitative estimate of drug-likeness (QED) is 0.472. The average molecular weight is 405 g/mol. The first kappa shape index (κ1) is 16.6. The summed E-state index contributed by atoms with van der Waals surface area (Å²) in [6.07, 6.45) is 1.42. The van der Waals surface area contributed by atoms with Gasteiger partial charge in [-0.05, 0) is 68.0 Å². The van der Waals surface area contributed by atoms with Gasteiger partial charge in [-0.25, -0.2) is 0 Å². The van der Waals surface area contributed by atoms with Crippen LogP contribution >= 0.6 is 28.1 Å². The van der Waals surface area contributed by atoms with Crippen LogP contribution in [0.3, 0.4) is 0 Å². The van der Waals surface area contributed by atoms with Crippen molar-refractivity contribution < 1.29 is 14.0 Å². The average Bonchev–Trinajstić information content (AvgIpc) is 2.91. The van der Waals surface area contributed by atoms with Gasteiger partial charge in [0.25, 0.3) is 11.8 Å². The highest BCUT2D eigenvalue weighted by Gasteiger charge is 2.35. The lowest BCUT2D eigenvalue weighted by molar-refractivity contribution is -0.122. The van der Waals surface area contributed by atoms with Gasteiger partial charge in [0.2, 0.25) is 0 Å². The summed E-state index contributed by atoms with van der Waals surface area (Å²) >= 11 is 8.58. The van der Waals surface area contributed by atoms with E-state index in [1.807, 2.05) is 19.1 Å². The predicted octanol–water partition coefficient (Wildman–Crippen LogP) is 3.49. The summed E-state index contributed by atoms with van der Waals surface area (Å²) in [6, 6.07) is 8.93. The molecule has 0 spiro atoms. The van der Waals surface area contributed by atoms with Crippen molar-refractivity contribution in [3.63, 3.8) is 0 Å². The van der Waals surface area contributed by atoms with Gasteiger partial charge >= 0.3 is 0 Å². The Morgan fingerprint density at radius 3 is 2.58 bits per heavy atom. The Labute approximate surface area is 152 Å². The molecule has 0 unspecified atom stereocenters. The number of nitrogens with zero attached hydrogens (tertiary/aromatic N) is 1. The van der Waals surface area contributed by atoms with Crippen molar-refractivity contribution in [1.82, 2.24) is 5.32 Å². The highest BCUT2D eigenvalue weighted by Crippen LogP contribution is 2.27. The summed E-state index contributed by atoms with van der Waals surface area (Å²) in [7, 11) is 0. The molecule has 24 heavy (non-hydrogen) atoms. The number of carbonyl (C=O) groups is 2. The van der Waals surface area contributed by atoms with Gasteiger partial charge in [-0.2, -0.15) is 0 Å². The highest BCUT2D eigenvalue weighted by molar-refractivity contribution is 9.10. The van der Waals surface area contributed by atoms with Crippen LogP contribution < -0.4 is 10.2 Å². The van der Waals surface area contributed by atoms with Gasteiger partial charge in [-0.15, -0.1) is 0 Å². The molecule has 1 aliphatic heterocycles. The molecular weight excluding hydrogens is 392 g/mol. The molecule has 1 aliphatic rings. The lowest BCUT2D eigenvalue weighted by Crippen LogP contribution is -2.54. The van der Waals surface area contributed by atoms with Gasteiger partial charge in [0.15, 0.2) is 5.11 Å². The largest absolute Gasteiger partial charge is 0.462 e. The fourth-order valence-corrected chi connectivity index (χ4v) is 3.17. The number of rotatable bonds is 2. The smallest absolute Gasteiger partial charge is 0.270 e. The van der Waals surface area contributed by atoms with Crippen LogP contribution in [0.25, 0.3) is 6.08 Å². The lowest BCUT2D eigenvalue weighted by Gasteiger charge is -2.29. The molecule has 1 aromatic carbocycles. The third kappa shape index (κ3) is 3.05. The number of benzene rings is 1. The Bertz CT molecular complexity index is 901. The first-order valence-corrected chi connectivity index (χ1v) is 8.31. The topological polar surface area (TPSA) is 62.6 Å². The Kier molecular flexibility index (Phi) is 4.38. The van der Waals surface area contributed by atoms with Gasteiger partial charge in [-0.1, -0.05) is 15.9 Å². The van der Waals surface area contributed by atoms with Crippen LogP contribution in [0.5, 0.6) is 0 Å². The minimum absolute atomic E-state index is 0.0275. The van der Waals surface area contributed by atoms with Gasteiger partial charge < -0.3 is 4.42 Å². The number of carbonyl (C=O) groups excluding carboxylic acids is 2. The maximum atomic E-state index is 12.9. The summed E-state index contributed by atoms with van der Waals surface area (Å²) in [5.41, 5.74) is 1.44. The van der Waals surface area contributed by atoms with Crippen molar-refractivity contribution in [1.29, 1.82) is 0 Å². The lowest BCUT2D eigenvalue weighted by atomic mass is 10.1. The number of anilines is 1. The normalized spacial score (nSPS) is 16.7. The molecule has 0 aliphatic carbocycles. The zero-order chi connectivity index (χ0) is 17.4. The summed E-state index contributed by atoms with van der Waals surface area (Å²) in [4.78, 5) is 26.3. The molecule has 2 heterocycles. The Hall–Kier alpha value is -2.25. The Morgan fingerprint density at radius 1 is 1.21 bits per heavy atom. The third-order valence-corrected chi connectivity index (χ3v) is 4.33. The van der Waals surface area contributed by atoms with Gasteiger partial charge in [0, 0.05) is 4.47 Å². The molecule has 3 rings (SSSR count). The van der Waals surface area contributed by atoms with Crippen molar-refractivity contribution in [2.45, 2.75) is 13.8 Å². The number of hydrogen-bond acceptors (Lipinski definition) is 4. The van der Waals surface area contributed by atoms with E-state index in [-0.39, 0.29) is 10.7 Å². The highest BCUT2D eigenvalue weighted by atomic mass is 79.9. The van der Waals surface area contributed by atoms with E-state index in [1.54, 1.807) is 25.1 Å². The van der Waals surface area contributed by atoms with Crippen molar-refractivity contribution in [2.24, 2.45) is 0 Å². The van der Waals surface area contributed by atoms with Gasteiger partial charge in [0.05, 0.1) is 5.69 Å². The van der Waals surface area contributed by atoms with Crippen LogP contribution in [0, 0.1) is 13.8 Å². The number of furan rings is 1. The van der Waals surface area contributed by atoms with Crippen LogP contribution in [-0.2, 0) is 9.59 Å². The van der Waals surface area contributed by atoms with Gasteiger partial charge in [-0.3, -0.25) is 19.8 Å². The molecule has 0 bridgehead atoms. The molecule has 1 aromatic heterocycles. The molecule has 5 nitrogen and oxygen atoms in total. The first-order valence-electron chi connectivity index (χ1n) is 7.11. The maximum absolute atomic E-state index is 12.9. The van der Waals surface area contributed by atoms with Gasteiger partial charge in [0.1, 0.15) is 17.1 Å². The molecule has 2 aromatic rings. The number of amides is 2. The number of aryl methyl sites for hydroxylation is 2. The zero-order valence-electron chi connectivity index (χ0n) is 12.9. The van der Waals surface area contributed by atoms with E-state index in [4.69, 9.17) is 16.6 Å². The van der Waals surface area contributed by atoms with Crippen molar-refractivity contribution >= 4 is 56.8 Å². The van der Waals surface area contributed by atoms with E-state index in [1.165, 1.54) is 11.0 Å². The number of nitrogens with one attached hydrogen (secondary N) is 1. The molecule has 1 fully saturated rings. The molecule has 0 saturated carbocycles. The fraction of sp³-hybridized carbons (Fsp3) is 0.118. The van der Waals surface area contributed by atoms with Crippen LogP contribution in [0.1, 0.15) is 17.1 Å². The van der Waals surface area contributed by atoms with Crippen LogP contribution in [0.15, 0.2) is 44.8 Å². The maximum Gasteiger partial charge on any atom is 0.270 e. The molecule has 7 heteroatoms. The predicted molar refractivity (Wildman–Crippen MR) is 98.5 cm³/mol. The van der Waals surface area contributed by atoms with E-state index in [9.17, 15) is 9.59 Å². The molecule has 2 amide bonds. The number of halogens is 1. The van der Waals surface area contributed by atoms with E-state index >= 15 is 0 Å². The number of thiocarbonyl (C=S) groups is 1. The molecule has 1 saturated heterocycles. The first-order chi connectivity index (χ1) is 11.4. The van der Waals surface area contributed by atoms with Crippen molar-refractivity contribution in [2.75, 3.05) is 4.90 Å². The summed E-state index contributed by atoms with van der Waals surface area (Å²) < 4.78 is 6.32. The summed E-state index contributed by atoms with van der Waals surface area (Å²) in [5, 5.41) is 2.61. The van der Waals surface area contributed by atoms with Crippen molar-refractivity contribution in [3.05, 3.63) is 57.5 Å². The molecule has 0 atom stereocenters. The van der Waals surface area contributed by atoms with Crippen LogP contribution in [-0.4, -0.2) is 16.9 Å². The summed E-state index contributed by atoms with van der Waals surface area (Å²) in [6.45, 7) is 3.66. The minimum atomic E-state index is -0.537. The second-order valence-electron chi connectivity index (χ2n) is 5.34. The third-order valence-electron chi connectivity index (χ3n) is 3.55. The minimum Gasteiger partial charge on any atom is -0.462 e. The summed E-state index contributed by atoms with van der Waals surface area (Å²) in [5.74, 6) is 0.112. The Morgan fingerprint density at radius 2 is 1.96 bits per heavy atom. The standard InChI is InChI=1S/C17H13BrN2O3S/c1-9-7-11(18)4-6-14(9)20-16(22)13(15(21)19-17(20)24)8-12-5-3-10(2)23-12/h3-8H,1-2H3,(H,19,21,24)/b13-8+. The van der Waals surface area contributed by atoms with Crippen LogP contribution in [0.2, 0.25) is 0 Å². The van der Waals surface area contributed by atoms with E-state index in [0.29, 0.717) is 17.2 Å². The van der Waals surface area contributed by atoms with E-state index in [2.05, 4.69) is 21.2 Å². The molecule has 122 valence electrons. The zero-order valence-corrected chi connectivity index (χ0v) is 15.3. The van der Waals surface area contributed by atoms with Crippen LogP contribution in [0.4, 0.5) is 5.69 Å². The molecule has 0 radical (unpaired) electrons. The second kappa shape index (κ2) is 6.33. The number of hydrogen-bond donors (Lipinski definition) is 1. The monoisotopic (exact) mass is 404 g/mol. The molecule has 1 N–H and O–H groups in total. The SMILES string of the molecule is Cc1ccc(/C=C2\C(=O)NC(=S)N(c3ccc(Br)cc3C)C2=O)o1. The molecular formula is C17H13BrN2O3S.